The highest BCUT2D eigenvalue weighted by Gasteiger charge is 2.24. The Hall–Kier alpha value is -2.04. The van der Waals surface area contributed by atoms with Crippen molar-refractivity contribution in [2.24, 2.45) is 5.92 Å². The molecule has 5 heteroatoms. The second-order valence-electron chi connectivity index (χ2n) is 5.13. The molecule has 20 heavy (non-hydrogen) atoms. The predicted molar refractivity (Wildman–Crippen MR) is 70.4 cm³/mol. The highest BCUT2D eigenvalue weighted by molar-refractivity contribution is 5.81. The fourth-order valence-electron chi connectivity index (χ4n) is 2.54. The molecule has 1 aliphatic carbocycles. The number of Topliss-reactive ketones (excluding diaryl/α,β-unsaturated/α-hetero) is 1. The number of rotatable bonds is 3. The van der Waals surface area contributed by atoms with E-state index < -0.39 is 0 Å². The molecule has 1 fully saturated rings. The molecule has 0 bridgehead atoms. The first-order valence-electron chi connectivity index (χ1n) is 6.83. The average Bonchev–Trinajstić information content (AvgIpc) is 2.91. The van der Waals surface area contributed by atoms with Gasteiger partial charge in [-0.25, -0.2) is 4.39 Å². The molecule has 1 aromatic heterocycles. The van der Waals surface area contributed by atoms with E-state index in [1.54, 1.807) is 12.1 Å². The lowest BCUT2D eigenvalue weighted by molar-refractivity contribution is -0.124. The number of carbonyl (C=O) groups excluding carboxylic acids is 1. The number of halogens is 1. The van der Waals surface area contributed by atoms with Crippen LogP contribution in [0.2, 0.25) is 0 Å². The standard InChI is InChI=1S/C15H15FN2O2/c16-12-7-5-10(6-8-12)15-17-14(20-18-15)9-11-3-1-2-4-13(11)19/h5-8,11H,1-4,9H2. The van der Waals surface area contributed by atoms with Crippen LogP contribution in [0, 0.1) is 11.7 Å². The van der Waals surface area contributed by atoms with Crippen LogP contribution in [0.5, 0.6) is 0 Å². The monoisotopic (exact) mass is 274 g/mol. The third-order valence-electron chi connectivity index (χ3n) is 3.67. The van der Waals surface area contributed by atoms with E-state index in [2.05, 4.69) is 10.1 Å². The van der Waals surface area contributed by atoms with Crippen LogP contribution in [0.1, 0.15) is 31.6 Å². The molecule has 1 heterocycles. The minimum Gasteiger partial charge on any atom is -0.339 e. The molecule has 1 unspecified atom stereocenters. The molecule has 0 saturated heterocycles. The van der Waals surface area contributed by atoms with Gasteiger partial charge in [-0.1, -0.05) is 11.6 Å². The van der Waals surface area contributed by atoms with Gasteiger partial charge in [0.1, 0.15) is 11.6 Å². The largest absolute Gasteiger partial charge is 0.339 e. The van der Waals surface area contributed by atoms with E-state index in [0.29, 0.717) is 30.1 Å². The number of ketones is 1. The minimum absolute atomic E-state index is 0.00488. The van der Waals surface area contributed by atoms with Crippen LogP contribution < -0.4 is 0 Å². The van der Waals surface area contributed by atoms with E-state index in [0.717, 1.165) is 19.3 Å². The minimum atomic E-state index is -0.301. The normalized spacial score (nSPS) is 19.2. The quantitative estimate of drug-likeness (QED) is 0.862. The van der Waals surface area contributed by atoms with Gasteiger partial charge in [-0.15, -0.1) is 0 Å². The van der Waals surface area contributed by atoms with Gasteiger partial charge in [-0.05, 0) is 37.1 Å². The number of aromatic nitrogens is 2. The van der Waals surface area contributed by atoms with Crippen molar-refractivity contribution in [3.8, 4) is 11.4 Å². The first-order chi connectivity index (χ1) is 9.72. The van der Waals surface area contributed by atoms with Gasteiger partial charge in [0, 0.05) is 24.3 Å². The van der Waals surface area contributed by atoms with Crippen molar-refractivity contribution in [3.63, 3.8) is 0 Å². The Kier molecular flexibility index (Phi) is 3.58. The highest BCUT2D eigenvalue weighted by atomic mass is 19.1. The van der Waals surface area contributed by atoms with Crippen LogP contribution in [0.15, 0.2) is 28.8 Å². The van der Waals surface area contributed by atoms with Crippen LogP contribution >= 0.6 is 0 Å². The van der Waals surface area contributed by atoms with Crippen molar-refractivity contribution in [2.75, 3.05) is 0 Å². The summed E-state index contributed by atoms with van der Waals surface area (Å²) in [6, 6.07) is 5.93. The maximum atomic E-state index is 12.9. The van der Waals surface area contributed by atoms with Gasteiger partial charge in [0.25, 0.3) is 0 Å². The number of benzene rings is 1. The van der Waals surface area contributed by atoms with Crippen molar-refractivity contribution in [3.05, 3.63) is 36.0 Å². The molecule has 0 radical (unpaired) electrons. The Labute approximate surface area is 116 Å². The zero-order valence-corrected chi connectivity index (χ0v) is 11.0. The summed E-state index contributed by atoms with van der Waals surface area (Å²) in [7, 11) is 0. The van der Waals surface area contributed by atoms with Crippen LogP contribution in [-0.2, 0) is 11.2 Å². The molecule has 1 atom stereocenters. The average molecular weight is 274 g/mol. The molecule has 3 rings (SSSR count). The third kappa shape index (κ3) is 2.76. The van der Waals surface area contributed by atoms with Gasteiger partial charge in [0.2, 0.25) is 11.7 Å². The van der Waals surface area contributed by atoms with Gasteiger partial charge < -0.3 is 4.52 Å². The summed E-state index contributed by atoms with van der Waals surface area (Å²) in [4.78, 5) is 16.1. The summed E-state index contributed by atoms with van der Waals surface area (Å²) in [5, 5.41) is 3.89. The second-order valence-corrected chi connectivity index (χ2v) is 5.13. The molecular formula is C15H15FN2O2. The molecule has 1 saturated carbocycles. The van der Waals surface area contributed by atoms with Crippen LogP contribution in [0.25, 0.3) is 11.4 Å². The molecule has 0 amide bonds. The molecule has 1 aliphatic rings. The van der Waals surface area contributed by atoms with Gasteiger partial charge in [-0.3, -0.25) is 4.79 Å². The maximum Gasteiger partial charge on any atom is 0.227 e. The topological polar surface area (TPSA) is 56.0 Å². The van der Waals surface area contributed by atoms with Crippen molar-refractivity contribution in [2.45, 2.75) is 32.1 Å². The highest BCUT2D eigenvalue weighted by Crippen LogP contribution is 2.24. The molecule has 0 N–H and O–H groups in total. The van der Waals surface area contributed by atoms with Crippen molar-refractivity contribution >= 4 is 5.78 Å². The van der Waals surface area contributed by atoms with Gasteiger partial charge >= 0.3 is 0 Å². The first kappa shape index (κ1) is 13.0. The zero-order chi connectivity index (χ0) is 13.9. The summed E-state index contributed by atoms with van der Waals surface area (Å²) in [5.41, 5.74) is 0.705. The van der Waals surface area contributed by atoms with Crippen molar-refractivity contribution in [1.29, 1.82) is 0 Å². The first-order valence-corrected chi connectivity index (χ1v) is 6.83. The second kappa shape index (κ2) is 5.53. The molecular weight excluding hydrogens is 259 g/mol. The van der Waals surface area contributed by atoms with Gasteiger partial charge in [-0.2, -0.15) is 4.98 Å². The Bertz CT molecular complexity index is 607. The van der Waals surface area contributed by atoms with Crippen molar-refractivity contribution in [1.82, 2.24) is 10.1 Å². The van der Waals surface area contributed by atoms with E-state index in [1.165, 1.54) is 12.1 Å². The maximum absolute atomic E-state index is 12.9. The van der Waals surface area contributed by atoms with E-state index in [-0.39, 0.29) is 17.5 Å². The van der Waals surface area contributed by atoms with E-state index >= 15 is 0 Å². The molecule has 104 valence electrons. The van der Waals surface area contributed by atoms with E-state index in [1.807, 2.05) is 0 Å². The summed E-state index contributed by atoms with van der Waals surface area (Å²) in [5.74, 6) is 0.904. The lowest BCUT2D eigenvalue weighted by Crippen LogP contribution is -2.21. The smallest absolute Gasteiger partial charge is 0.227 e. The third-order valence-corrected chi connectivity index (χ3v) is 3.67. The number of hydrogen-bond donors (Lipinski definition) is 0. The molecule has 0 spiro atoms. The zero-order valence-electron chi connectivity index (χ0n) is 11.0. The number of hydrogen-bond acceptors (Lipinski definition) is 4. The summed E-state index contributed by atoms with van der Waals surface area (Å²) >= 11 is 0. The molecule has 4 nitrogen and oxygen atoms in total. The SMILES string of the molecule is O=C1CCCCC1Cc1nc(-c2ccc(F)cc2)no1. The molecule has 0 aliphatic heterocycles. The Morgan fingerprint density at radius 1 is 1.25 bits per heavy atom. The van der Waals surface area contributed by atoms with Gasteiger partial charge in [0.05, 0.1) is 0 Å². The Balaban J connectivity index is 1.73. The Morgan fingerprint density at radius 3 is 2.80 bits per heavy atom. The van der Waals surface area contributed by atoms with Crippen LogP contribution in [0.4, 0.5) is 4.39 Å². The number of carbonyl (C=O) groups is 1. The summed E-state index contributed by atoms with van der Waals surface area (Å²) in [6.07, 6.45) is 4.12. The van der Waals surface area contributed by atoms with E-state index in [4.69, 9.17) is 4.52 Å². The fourth-order valence-corrected chi connectivity index (χ4v) is 2.54. The lowest BCUT2D eigenvalue weighted by atomic mass is 9.86. The molecule has 2 aromatic rings. The number of nitrogens with zero attached hydrogens (tertiary/aromatic N) is 2. The van der Waals surface area contributed by atoms with Crippen LogP contribution in [-0.4, -0.2) is 15.9 Å². The predicted octanol–water partition coefficient (Wildman–Crippen LogP) is 3.18. The van der Waals surface area contributed by atoms with Crippen LogP contribution in [0.3, 0.4) is 0 Å². The van der Waals surface area contributed by atoms with Gasteiger partial charge in [0.15, 0.2) is 0 Å². The van der Waals surface area contributed by atoms with Crippen molar-refractivity contribution < 1.29 is 13.7 Å². The molecule has 1 aromatic carbocycles. The Morgan fingerprint density at radius 2 is 2.05 bits per heavy atom. The summed E-state index contributed by atoms with van der Waals surface area (Å²) < 4.78 is 18.1. The van der Waals surface area contributed by atoms with E-state index in [9.17, 15) is 9.18 Å². The fraction of sp³-hybridized carbons (Fsp3) is 0.400. The lowest BCUT2D eigenvalue weighted by Gasteiger charge is -2.18. The summed E-state index contributed by atoms with van der Waals surface area (Å²) in [6.45, 7) is 0.